The van der Waals surface area contributed by atoms with Crippen molar-refractivity contribution in [3.63, 3.8) is 0 Å². The highest BCUT2D eigenvalue weighted by Crippen LogP contribution is 2.12. The van der Waals surface area contributed by atoms with Crippen molar-refractivity contribution >= 4 is 5.97 Å². The number of carboxylic acid groups (broad SMARTS) is 1. The van der Waals surface area contributed by atoms with Gasteiger partial charge in [0.1, 0.15) is 0 Å². The summed E-state index contributed by atoms with van der Waals surface area (Å²) in [6, 6.07) is 0. The number of carbonyl (C=O) groups is 1. The number of methoxy groups -OCH3 is 1. The third-order valence-electron chi connectivity index (χ3n) is 2.31. The van der Waals surface area contributed by atoms with Gasteiger partial charge in [-0.15, -0.1) is 0 Å². The number of carboxylic acids is 1. The number of hydrogen-bond donors (Lipinski definition) is 1. The third kappa shape index (κ3) is 6.76. The fourth-order valence-electron chi connectivity index (χ4n) is 1.00. The zero-order valence-corrected chi connectivity index (χ0v) is 10.5. The molecule has 0 aromatic rings. The molecule has 0 heterocycles. The Morgan fingerprint density at radius 1 is 1.44 bits per heavy atom. The number of rotatable bonds is 9. The second kappa shape index (κ2) is 7.60. The Hall–Kier alpha value is -0.650. The summed E-state index contributed by atoms with van der Waals surface area (Å²) in [5.41, 5.74) is -0.246. The van der Waals surface area contributed by atoms with Crippen molar-refractivity contribution < 1.29 is 24.1 Å². The molecule has 0 radical (unpaired) electrons. The predicted molar refractivity (Wildman–Crippen MR) is 59.6 cm³/mol. The average molecular weight is 234 g/mol. The first kappa shape index (κ1) is 15.3. The van der Waals surface area contributed by atoms with Crippen molar-refractivity contribution in [2.45, 2.75) is 38.9 Å². The SMILES string of the molecule is CCOC(COCCC(C)(C)OC)C(=O)O. The van der Waals surface area contributed by atoms with E-state index in [1.165, 1.54) is 0 Å². The molecule has 1 atom stereocenters. The van der Waals surface area contributed by atoms with Crippen LogP contribution in [0.25, 0.3) is 0 Å². The Morgan fingerprint density at radius 3 is 2.50 bits per heavy atom. The molecular formula is C11H22O5. The number of ether oxygens (including phenoxy) is 3. The van der Waals surface area contributed by atoms with Gasteiger partial charge in [-0.1, -0.05) is 0 Å². The molecule has 5 nitrogen and oxygen atoms in total. The van der Waals surface area contributed by atoms with Crippen LogP contribution in [0.4, 0.5) is 0 Å². The van der Waals surface area contributed by atoms with Gasteiger partial charge in [0, 0.05) is 20.3 Å². The van der Waals surface area contributed by atoms with E-state index in [4.69, 9.17) is 19.3 Å². The van der Waals surface area contributed by atoms with Gasteiger partial charge >= 0.3 is 5.97 Å². The fourth-order valence-corrected chi connectivity index (χ4v) is 1.00. The van der Waals surface area contributed by atoms with Gasteiger partial charge in [0.2, 0.25) is 0 Å². The lowest BCUT2D eigenvalue weighted by atomic mass is 10.1. The van der Waals surface area contributed by atoms with Crippen LogP contribution in [0.5, 0.6) is 0 Å². The largest absolute Gasteiger partial charge is 0.479 e. The maximum Gasteiger partial charge on any atom is 0.335 e. The maximum atomic E-state index is 10.7. The summed E-state index contributed by atoms with van der Waals surface area (Å²) >= 11 is 0. The minimum Gasteiger partial charge on any atom is -0.479 e. The molecule has 0 amide bonds. The number of hydrogen-bond acceptors (Lipinski definition) is 4. The summed E-state index contributed by atoms with van der Waals surface area (Å²) in [6.45, 7) is 6.55. The van der Waals surface area contributed by atoms with Crippen molar-refractivity contribution in [1.82, 2.24) is 0 Å². The third-order valence-corrected chi connectivity index (χ3v) is 2.31. The lowest BCUT2D eigenvalue weighted by Crippen LogP contribution is -2.31. The molecular weight excluding hydrogens is 212 g/mol. The van der Waals surface area contributed by atoms with Crippen LogP contribution >= 0.6 is 0 Å². The Morgan fingerprint density at radius 2 is 2.06 bits per heavy atom. The molecule has 0 aromatic carbocycles. The molecule has 0 spiro atoms. The van der Waals surface area contributed by atoms with E-state index < -0.39 is 12.1 Å². The van der Waals surface area contributed by atoms with Crippen LogP contribution in [0.1, 0.15) is 27.2 Å². The highest BCUT2D eigenvalue weighted by Gasteiger charge is 2.19. The van der Waals surface area contributed by atoms with Crippen molar-refractivity contribution in [2.75, 3.05) is 26.9 Å². The lowest BCUT2D eigenvalue weighted by Gasteiger charge is -2.22. The van der Waals surface area contributed by atoms with Crippen molar-refractivity contribution in [1.29, 1.82) is 0 Å². The summed E-state index contributed by atoms with van der Waals surface area (Å²) in [7, 11) is 1.64. The summed E-state index contributed by atoms with van der Waals surface area (Å²) in [5.74, 6) is -0.993. The van der Waals surface area contributed by atoms with Gasteiger partial charge in [-0.25, -0.2) is 4.79 Å². The molecule has 0 fully saturated rings. The van der Waals surface area contributed by atoms with Crippen LogP contribution in [0.3, 0.4) is 0 Å². The zero-order valence-electron chi connectivity index (χ0n) is 10.5. The molecule has 96 valence electrons. The van der Waals surface area contributed by atoms with E-state index in [9.17, 15) is 4.79 Å². The minimum absolute atomic E-state index is 0.0724. The predicted octanol–water partition coefficient (Wildman–Crippen LogP) is 1.31. The first-order chi connectivity index (χ1) is 7.43. The van der Waals surface area contributed by atoms with Crippen LogP contribution in [-0.4, -0.2) is 49.7 Å². The highest BCUT2D eigenvalue weighted by atomic mass is 16.5. The van der Waals surface area contributed by atoms with Crippen LogP contribution in [0, 0.1) is 0 Å². The Bertz CT molecular complexity index is 203. The molecule has 1 N–H and O–H groups in total. The molecule has 0 aromatic heterocycles. The summed E-state index contributed by atoms with van der Waals surface area (Å²) in [4.78, 5) is 10.7. The molecule has 0 saturated carbocycles. The first-order valence-electron chi connectivity index (χ1n) is 5.40. The summed E-state index contributed by atoms with van der Waals surface area (Å²) in [5, 5.41) is 8.78. The zero-order chi connectivity index (χ0) is 12.6. The van der Waals surface area contributed by atoms with Gasteiger partial charge < -0.3 is 19.3 Å². The van der Waals surface area contributed by atoms with E-state index >= 15 is 0 Å². The molecule has 1 unspecified atom stereocenters. The molecule has 0 aliphatic carbocycles. The summed E-state index contributed by atoms with van der Waals surface area (Å²) in [6.07, 6.45) is -0.169. The van der Waals surface area contributed by atoms with Crippen LogP contribution < -0.4 is 0 Å². The van der Waals surface area contributed by atoms with Crippen LogP contribution in [0.2, 0.25) is 0 Å². The number of aliphatic carboxylic acids is 1. The topological polar surface area (TPSA) is 65.0 Å². The minimum atomic E-state index is -0.993. The van der Waals surface area contributed by atoms with E-state index in [2.05, 4.69) is 0 Å². The van der Waals surface area contributed by atoms with Gasteiger partial charge in [-0.05, 0) is 27.2 Å². The van der Waals surface area contributed by atoms with Crippen molar-refractivity contribution in [2.24, 2.45) is 0 Å². The van der Waals surface area contributed by atoms with Crippen molar-refractivity contribution in [3.8, 4) is 0 Å². The second-order valence-corrected chi connectivity index (χ2v) is 4.07. The Labute approximate surface area is 96.7 Å². The normalized spacial score (nSPS) is 13.8. The first-order valence-corrected chi connectivity index (χ1v) is 5.40. The van der Waals surface area contributed by atoms with Gasteiger partial charge in [-0.3, -0.25) is 0 Å². The quantitative estimate of drug-likeness (QED) is 0.609. The highest BCUT2D eigenvalue weighted by molar-refractivity contribution is 5.72. The molecule has 0 saturated heterocycles. The average Bonchev–Trinajstić information content (AvgIpc) is 2.22. The van der Waals surface area contributed by atoms with Crippen molar-refractivity contribution in [3.05, 3.63) is 0 Å². The van der Waals surface area contributed by atoms with E-state index in [1.54, 1.807) is 14.0 Å². The van der Waals surface area contributed by atoms with Gasteiger partial charge in [0.25, 0.3) is 0 Å². The van der Waals surface area contributed by atoms with Gasteiger partial charge in [-0.2, -0.15) is 0 Å². The standard InChI is InChI=1S/C11H22O5/c1-5-16-9(10(12)13)8-15-7-6-11(2,3)14-4/h9H,5-8H2,1-4H3,(H,12,13). The van der Waals surface area contributed by atoms with Crippen LogP contribution in [0.15, 0.2) is 0 Å². The van der Waals surface area contributed by atoms with Gasteiger partial charge in [0.15, 0.2) is 6.10 Å². The fraction of sp³-hybridized carbons (Fsp3) is 0.909. The maximum absolute atomic E-state index is 10.7. The Balaban J connectivity index is 3.74. The molecule has 16 heavy (non-hydrogen) atoms. The summed E-state index contributed by atoms with van der Waals surface area (Å²) < 4.78 is 15.5. The second-order valence-electron chi connectivity index (χ2n) is 4.07. The monoisotopic (exact) mass is 234 g/mol. The molecule has 5 heteroatoms. The molecule has 0 aliphatic rings. The van der Waals surface area contributed by atoms with E-state index in [1.807, 2.05) is 13.8 Å². The molecule has 0 rings (SSSR count). The van der Waals surface area contributed by atoms with E-state index in [-0.39, 0.29) is 12.2 Å². The van der Waals surface area contributed by atoms with E-state index in [0.29, 0.717) is 19.6 Å². The molecule has 0 aliphatic heterocycles. The van der Waals surface area contributed by atoms with Crippen LogP contribution in [-0.2, 0) is 19.0 Å². The lowest BCUT2D eigenvalue weighted by molar-refractivity contribution is -0.154. The van der Waals surface area contributed by atoms with Gasteiger partial charge in [0.05, 0.1) is 12.2 Å². The Kier molecular flexibility index (Phi) is 7.29. The van der Waals surface area contributed by atoms with E-state index in [0.717, 1.165) is 0 Å². The smallest absolute Gasteiger partial charge is 0.335 e. The molecule has 0 bridgehead atoms.